The third-order valence-electron chi connectivity index (χ3n) is 7.28. The number of aromatic nitrogens is 1. The molecule has 7 heteroatoms. The van der Waals surface area contributed by atoms with Crippen LogP contribution in [0.25, 0.3) is 0 Å². The Morgan fingerprint density at radius 1 is 1.32 bits per heavy atom. The number of aryl methyl sites for hydroxylation is 1. The number of likely N-dealkylation sites (tertiary alicyclic amines) is 1. The van der Waals surface area contributed by atoms with E-state index in [1.54, 1.807) is 13.0 Å². The monoisotopic (exact) mass is 385 g/mol. The smallest absolute Gasteiger partial charge is 0.254 e. The number of amides is 2. The molecule has 2 amide bonds. The van der Waals surface area contributed by atoms with Crippen LogP contribution in [0.5, 0.6) is 0 Å². The predicted octanol–water partition coefficient (Wildman–Crippen LogP) is 1.22. The highest BCUT2D eigenvalue weighted by molar-refractivity contribution is 5.94. The van der Waals surface area contributed by atoms with Crippen LogP contribution in [0.4, 0.5) is 0 Å². The van der Waals surface area contributed by atoms with E-state index in [2.05, 4.69) is 10.3 Å². The van der Waals surface area contributed by atoms with Gasteiger partial charge in [0.2, 0.25) is 11.5 Å². The van der Waals surface area contributed by atoms with E-state index in [-0.39, 0.29) is 46.8 Å². The molecule has 3 aliphatic heterocycles. The molecule has 3 saturated heterocycles. The summed E-state index contributed by atoms with van der Waals surface area (Å²) in [5.41, 5.74) is 0.585. The topological polar surface area (TPSA) is 91.5 Å². The molecule has 1 aromatic rings. The molecule has 4 aliphatic rings. The summed E-state index contributed by atoms with van der Waals surface area (Å²) >= 11 is 0. The van der Waals surface area contributed by atoms with E-state index in [4.69, 9.17) is 4.74 Å². The fourth-order valence-electron chi connectivity index (χ4n) is 5.64. The van der Waals surface area contributed by atoms with Crippen molar-refractivity contribution in [3.05, 3.63) is 33.7 Å². The van der Waals surface area contributed by atoms with Crippen LogP contribution < -0.4 is 10.9 Å². The zero-order valence-electron chi connectivity index (χ0n) is 16.2. The van der Waals surface area contributed by atoms with Crippen molar-refractivity contribution in [1.82, 2.24) is 15.2 Å². The first-order chi connectivity index (χ1) is 13.4. The molecular weight excluding hydrogens is 358 g/mol. The number of nitrogens with one attached hydrogen (secondary N) is 2. The number of aromatic amines is 1. The van der Waals surface area contributed by atoms with E-state index >= 15 is 0 Å². The second kappa shape index (κ2) is 6.44. The van der Waals surface area contributed by atoms with Crippen molar-refractivity contribution in [2.75, 3.05) is 19.6 Å². The number of hydrogen-bond donors (Lipinski definition) is 2. The van der Waals surface area contributed by atoms with Crippen LogP contribution in [-0.4, -0.2) is 53.0 Å². The summed E-state index contributed by atoms with van der Waals surface area (Å²) in [4.78, 5) is 41.5. The van der Waals surface area contributed by atoms with E-state index < -0.39 is 0 Å². The molecule has 0 unspecified atom stereocenters. The van der Waals surface area contributed by atoms with E-state index in [1.165, 1.54) is 6.07 Å². The molecule has 0 radical (unpaired) electrons. The van der Waals surface area contributed by atoms with Gasteiger partial charge in [0.25, 0.3) is 5.91 Å². The van der Waals surface area contributed by atoms with Crippen molar-refractivity contribution in [3.8, 4) is 0 Å². The Balaban J connectivity index is 1.30. The maximum Gasteiger partial charge on any atom is 0.254 e. The van der Waals surface area contributed by atoms with Gasteiger partial charge in [0.15, 0.2) is 0 Å². The quantitative estimate of drug-likeness (QED) is 0.815. The van der Waals surface area contributed by atoms with Crippen LogP contribution in [0.2, 0.25) is 0 Å². The van der Waals surface area contributed by atoms with Crippen LogP contribution in [-0.2, 0) is 9.53 Å². The molecule has 0 aromatic carbocycles. The van der Waals surface area contributed by atoms with Crippen molar-refractivity contribution >= 4 is 11.8 Å². The first-order valence-electron chi connectivity index (χ1n) is 10.4. The first-order valence-corrected chi connectivity index (χ1v) is 10.4. The first kappa shape index (κ1) is 17.9. The standard InChI is InChI=1S/C21H27N3O4/c1-12-7-14(8-18(25)23-12)20(27)24-10-16-15(9-22-19(26)13-3-2-4-13)17-5-6-21(16,11-24)28-17/h7-8,13,15-17H,2-6,9-11H2,1H3,(H,22,26)(H,23,25)/t15-,16+,17+,21+/m0/s1. The number of hydrogen-bond acceptors (Lipinski definition) is 4. The molecule has 4 fully saturated rings. The SMILES string of the molecule is Cc1cc(C(=O)N2C[C@@H]3[C@H](CNC(=O)C4CCC4)[C@H]4CC[C@]3(C2)O4)cc(=O)[nH]1. The van der Waals surface area contributed by atoms with Crippen LogP contribution >= 0.6 is 0 Å². The Labute approximate surface area is 163 Å². The lowest BCUT2D eigenvalue weighted by molar-refractivity contribution is -0.127. The molecule has 1 aromatic heterocycles. The predicted molar refractivity (Wildman–Crippen MR) is 102 cm³/mol. The minimum Gasteiger partial charge on any atom is -0.369 e. The third kappa shape index (κ3) is 2.79. The molecule has 150 valence electrons. The molecule has 1 spiro atoms. The lowest BCUT2D eigenvalue weighted by Crippen LogP contribution is -2.44. The Morgan fingerprint density at radius 2 is 2.14 bits per heavy atom. The van der Waals surface area contributed by atoms with Crippen LogP contribution in [0.1, 0.15) is 48.2 Å². The Hall–Kier alpha value is -2.15. The molecule has 4 heterocycles. The van der Waals surface area contributed by atoms with Crippen molar-refractivity contribution in [3.63, 3.8) is 0 Å². The third-order valence-corrected chi connectivity index (χ3v) is 7.28. The zero-order chi connectivity index (χ0) is 19.5. The highest BCUT2D eigenvalue weighted by atomic mass is 16.5. The zero-order valence-corrected chi connectivity index (χ0v) is 16.2. The molecule has 2 N–H and O–H groups in total. The van der Waals surface area contributed by atoms with E-state index in [0.29, 0.717) is 30.9 Å². The minimum atomic E-state index is -0.275. The summed E-state index contributed by atoms with van der Waals surface area (Å²) in [6, 6.07) is 3.10. The lowest BCUT2D eigenvalue weighted by atomic mass is 9.73. The summed E-state index contributed by atoms with van der Waals surface area (Å²) in [7, 11) is 0. The van der Waals surface area contributed by atoms with Crippen LogP contribution in [0.15, 0.2) is 16.9 Å². The summed E-state index contributed by atoms with van der Waals surface area (Å²) in [6.45, 7) is 3.62. The highest BCUT2D eigenvalue weighted by Crippen LogP contribution is 2.54. The highest BCUT2D eigenvalue weighted by Gasteiger charge is 2.63. The van der Waals surface area contributed by atoms with Gasteiger partial charge in [-0.3, -0.25) is 14.4 Å². The van der Waals surface area contributed by atoms with Gasteiger partial charge in [-0.15, -0.1) is 0 Å². The summed E-state index contributed by atoms with van der Waals surface area (Å²) in [5, 5.41) is 3.14. The maximum atomic E-state index is 13.0. The van der Waals surface area contributed by atoms with Crippen molar-refractivity contribution < 1.29 is 14.3 Å². The number of fused-ring (bicyclic) bond motifs is 1. The van der Waals surface area contributed by atoms with Gasteiger partial charge in [-0.2, -0.15) is 0 Å². The second-order valence-corrected chi connectivity index (χ2v) is 9.01. The lowest BCUT2D eigenvalue weighted by Gasteiger charge is -2.30. The normalized spacial score (nSPS) is 33.6. The van der Waals surface area contributed by atoms with Crippen LogP contribution in [0.3, 0.4) is 0 Å². The molecule has 1 aliphatic carbocycles. The summed E-state index contributed by atoms with van der Waals surface area (Å²) < 4.78 is 6.38. The summed E-state index contributed by atoms with van der Waals surface area (Å²) in [5.74, 6) is 0.765. The van der Waals surface area contributed by atoms with E-state index in [0.717, 1.165) is 32.1 Å². The molecule has 4 atom stereocenters. The number of carbonyl (C=O) groups excluding carboxylic acids is 2. The van der Waals surface area contributed by atoms with Crippen molar-refractivity contribution in [2.45, 2.75) is 50.7 Å². The van der Waals surface area contributed by atoms with Gasteiger partial charge in [-0.25, -0.2) is 0 Å². The molecule has 1 saturated carbocycles. The van der Waals surface area contributed by atoms with E-state index in [1.807, 2.05) is 4.90 Å². The minimum absolute atomic E-state index is 0.109. The molecule has 5 rings (SSSR count). The number of ether oxygens (including phenoxy) is 1. The maximum absolute atomic E-state index is 13.0. The van der Waals surface area contributed by atoms with Crippen LogP contribution in [0, 0.1) is 24.7 Å². The number of rotatable bonds is 4. The van der Waals surface area contributed by atoms with Gasteiger partial charge in [0.1, 0.15) is 0 Å². The summed E-state index contributed by atoms with van der Waals surface area (Å²) in [6.07, 6.45) is 5.30. The second-order valence-electron chi connectivity index (χ2n) is 9.01. The van der Waals surface area contributed by atoms with Gasteiger partial charge in [0, 0.05) is 48.2 Å². The van der Waals surface area contributed by atoms with E-state index in [9.17, 15) is 14.4 Å². The average Bonchev–Trinajstić information content (AvgIpc) is 3.25. The van der Waals surface area contributed by atoms with Crippen molar-refractivity contribution in [2.24, 2.45) is 17.8 Å². The van der Waals surface area contributed by atoms with Gasteiger partial charge in [-0.05, 0) is 38.7 Å². The molecule has 7 nitrogen and oxygen atoms in total. The van der Waals surface area contributed by atoms with Gasteiger partial charge < -0.3 is 19.9 Å². The van der Waals surface area contributed by atoms with Gasteiger partial charge in [0.05, 0.1) is 18.2 Å². The Morgan fingerprint density at radius 3 is 2.86 bits per heavy atom. The molecule has 2 bridgehead atoms. The van der Waals surface area contributed by atoms with Crippen molar-refractivity contribution in [1.29, 1.82) is 0 Å². The fraction of sp³-hybridized carbons (Fsp3) is 0.667. The Kier molecular flexibility index (Phi) is 4.12. The number of carbonyl (C=O) groups is 2. The molecule has 28 heavy (non-hydrogen) atoms. The molecular formula is C21H27N3O4. The number of H-pyrrole nitrogens is 1. The average molecular weight is 385 g/mol. The number of nitrogens with zero attached hydrogens (tertiary/aromatic N) is 1. The van der Waals surface area contributed by atoms with Gasteiger partial charge in [-0.1, -0.05) is 6.42 Å². The van der Waals surface area contributed by atoms with Gasteiger partial charge >= 0.3 is 0 Å². The number of pyridine rings is 1. The Bertz CT molecular complexity index is 877. The largest absolute Gasteiger partial charge is 0.369 e. The fourth-order valence-corrected chi connectivity index (χ4v) is 5.64.